The predicted octanol–water partition coefficient (Wildman–Crippen LogP) is 1.26. The van der Waals surface area contributed by atoms with Crippen molar-refractivity contribution in [1.82, 2.24) is 5.32 Å². The second-order valence-electron chi connectivity index (χ2n) is 5.45. The Balaban J connectivity index is 2.69. The lowest BCUT2D eigenvalue weighted by Crippen LogP contribution is -2.59. The number of rotatable bonds is 5. The molecule has 0 unspecified atom stereocenters. The minimum atomic E-state index is -1.10. The normalized spacial score (nSPS) is 29.6. The molecule has 0 radical (unpaired) electrons. The summed E-state index contributed by atoms with van der Waals surface area (Å²) in [5.74, 6) is -0.751. The molecule has 0 heterocycles. The molecule has 1 atom stereocenters. The first-order valence-electron chi connectivity index (χ1n) is 6.72. The van der Waals surface area contributed by atoms with E-state index in [1.165, 1.54) is 0 Å². The van der Waals surface area contributed by atoms with E-state index in [9.17, 15) is 14.7 Å². The number of carbonyl (C=O) groups excluding carboxylic acids is 1. The Kier molecular flexibility index (Phi) is 5.14. The fourth-order valence-electron chi connectivity index (χ4n) is 2.42. The minimum absolute atomic E-state index is 0.339. The Hall–Kier alpha value is -1.10. The molecule has 1 aliphatic rings. The molecule has 0 bridgehead atoms. The molecule has 5 nitrogen and oxygen atoms in total. The van der Waals surface area contributed by atoms with Gasteiger partial charge in [-0.2, -0.15) is 0 Å². The van der Waals surface area contributed by atoms with Gasteiger partial charge in [0.05, 0.1) is 6.04 Å². The van der Waals surface area contributed by atoms with Crippen LogP contribution in [0.15, 0.2) is 0 Å². The number of nitrogens with one attached hydrogen (secondary N) is 1. The lowest BCUT2D eigenvalue weighted by molar-refractivity contribution is -0.149. The largest absolute Gasteiger partial charge is 0.480 e. The smallest absolute Gasteiger partial charge is 0.329 e. The molecule has 1 amide bonds. The fraction of sp³-hybridized carbons (Fsp3) is 0.846. The number of amides is 1. The third kappa shape index (κ3) is 3.45. The van der Waals surface area contributed by atoms with Crippen molar-refractivity contribution in [2.75, 3.05) is 0 Å². The van der Waals surface area contributed by atoms with Crippen LogP contribution in [0.5, 0.6) is 0 Å². The monoisotopic (exact) mass is 256 g/mol. The number of nitrogens with two attached hydrogens (primary N) is 1. The van der Waals surface area contributed by atoms with Crippen molar-refractivity contribution in [3.63, 3.8) is 0 Å². The molecule has 5 heteroatoms. The summed E-state index contributed by atoms with van der Waals surface area (Å²) >= 11 is 0. The van der Waals surface area contributed by atoms with E-state index in [0.717, 1.165) is 19.3 Å². The topological polar surface area (TPSA) is 92.4 Å². The van der Waals surface area contributed by atoms with E-state index in [4.69, 9.17) is 5.73 Å². The first-order chi connectivity index (χ1) is 8.41. The van der Waals surface area contributed by atoms with Crippen LogP contribution >= 0.6 is 0 Å². The van der Waals surface area contributed by atoms with Crippen LogP contribution in [0, 0.1) is 5.92 Å². The van der Waals surface area contributed by atoms with E-state index in [1.54, 1.807) is 0 Å². The average molecular weight is 256 g/mol. The van der Waals surface area contributed by atoms with Gasteiger partial charge < -0.3 is 16.2 Å². The van der Waals surface area contributed by atoms with Crippen LogP contribution in [-0.4, -0.2) is 28.6 Å². The highest BCUT2D eigenvalue weighted by molar-refractivity contribution is 5.89. The van der Waals surface area contributed by atoms with E-state index in [-0.39, 0.29) is 5.91 Å². The number of hydrogen-bond acceptors (Lipinski definition) is 3. The number of carboxylic acid groups (broad SMARTS) is 1. The van der Waals surface area contributed by atoms with Crippen molar-refractivity contribution in [3.05, 3.63) is 0 Å². The van der Waals surface area contributed by atoms with Gasteiger partial charge in [0, 0.05) is 0 Å². The molecule has 4 N–H and O–H groups in total. The van der Waals surface area contributed by atoms with Crippen LogP contribution < -0.4 is 11.1 Å². The summed E-state index contributed by atoms with van der Waals surface area (Å²) in [5.41, 5.74) is 4.62. The van der Waals surface area contributed by atoms with Crippen LogP contribution in [0.25, 0.3) is 0 Å². The summed E-state index contributed by atoms with van der Waals surface area (Å²) in [7, 11) is 0. The van der Waals surface area contributed by atoms with Gasteiger partial charge in [-0.25, -0.2) is 4.79 Å². The molecule has 0 aliphatic heterocycles. The summed E-state index contributed by atoms with van der Waals surface area (Å²) in [6, 6.07) is -0.606. The first-order valence-corrected chi connectivity index (χ1v) is 6.72. The molecule has 0 aromatic rings. The standard InChI is InChI=1S/C13H24N2O3/c1-3-4-10(14)11(16)15-13(12(17)18)7-5-9(2)6-8-13/h9-10H,3-8,14H2,1-2H3,(H,15,16)(H,17,18)/t9?,10-,13?/m1/s1. The van der Waals surface area contributed by atoms with Gasteiger partial charge in [-0.1, -0.05) is 20.3 Å². The van der Waals surface area contributed by atoms with Crippen LogP contribution in [0.1, 0.15) is 52.4 Å². The molecule has 0 aromatic heterocycles. The molecule has 1 aliphatic carbocycles. The lowest BCUT2D eigenvalue weighted by atomic mass is 9.77. The second kappa shape index (κ2) is 6.18. The van der Waals surface area contributed by atoms with E-state index in [0.29, 0.717) is 25.2 Å². The maximum atomic E-state index is 11.9. The molecule has 1 rings (SSSR count). The van der Waals surface area contributed by atoms with Crippen LogP contribution in [0.3, 0.4) is 0 Å². The summed E-state index contributed by atoms with van der Waals surface area (Å²) in [4.78, 5) is 23.3. The van der Waals surface area contributed by atoms with E-state index >= 15 is 0 Å². The van der Waals surface area contributed by atoms with E-state index < -0.39 is 17.6 Å². The Bertz CT molecular complexity index is 309. The summed E-state index contributed by atoms with van der Waals surface area (Å²) in [5, 5.41) is 12.1. The van der Waals surface area contributed by atoms with Crippen molar-refractivity contribution in [3.8, 4) is 0 Å². The zero-order chi connectivity index (χ0) is 13.8. The molecule has 1 saturated carbocycles. The Morgan fingerprint density at radius 1 is 1.44 bits per heavy atom. The van der Waals surface area contributed by atoms with Crippen molar-refractivity contribution < 1.29 is 14.7 Å². The molecule has 0 saturated heterocycles. The molecule has 0 spiro atoms. The van der Waals surface area contributed by atoms with Gasteiger partial charge >= 0.3 is 5.97 Å². The highest BCUT2D eigenvalue weighted by Gasteiger charge is 2.42. The Labute approximate surface area is 108 Å². The molecular weight excluding hydrogens is 232 g/mol. The maximum absolute atomic E-state index is 11.9. The van der Waals surface area contributed by atoms with E-state index in [1.807, 2.05) is 6.92 Å². The van der Waals surface area contributed by atoms with Gasteiger partial charge in [0.1, 0.15) is 5.54 Å². The summed E-state index contributed by atoms with van der Waals surface area (Å²) in [6.07, 6.45) is 4.04. The van der Waals surface area contributed by atoms with Gasteiger partial charge in [0.15, 0.2) is 0 Å². The average Bonchev–Trinajstić information content (AvgIpc) is 2.32. The number of hydrogen-bond donors (Lipinski definition) is 3. The van der Waals surface area contributed by atoms with Gasteiger partial charge in [-0.15, -0.1) is 0 Å². The van der Waals surface area contributed by atoms with Gasteiger partial charge in [0.2, 0.25) is 5.91 Å². The summed E-state index contributed by atoms with van der Waals surface area (Å²) < 4.78 is 0. The molecule has 18 heavy (non-hydrogen) atoms. The quantitative estimate of drug-likeness (QED) is 0.690. The highest BCUT2D eigenvalue weighted by atomic mass is 16.4. The zero-order valence-electron chi connectivity index (χ0n) is 11.2. The van der Waals surface area contributed by atoms with Crippen LogP contribution in [0.2, 0.25) is 0 Å². The number of carboxylic acids is 1. The van der Waals surface area contributed by atoms with Gasteiger partial charge in [-0.05, 0) is 38.0 Å². The minimum Gasteiger partial charge on any atom is -0.480 e. The first kappa shape index (κ1) is 15.0. The molecule has 1 fully saturated rings. The van der Waals surface area contributed by atoms with Gasteiger partial charge in [-0.3, -0.25) is 4.79 Å². The lowest BCUT2D eigenvalue weighted by Gasteiger charge is -2.37. The SMILES string of the molecule is CCC[C@@H](N)C(=O)NC1(C(=O)O)CCC(C)CC1. The highest BCUT2D eigenvalue weighted by Crippen LogP contribution is 2.32. The Morgan fingerprint density at radius 3 is 2.44 bits per heavy atom. The molecule has 104 valence electrons. The van der Waals surface area contributed by atoms with Crippen LogP contribution in [0.4, 0.5) is 0 Å². The molecule has 0 aromatic carbocycles. The molecular formula is C13H24N2O3. The third-order valence-corrected chi connectivity index (χ3v) is 3.84. The second-order valence-corrected chi connectivity index (χ2v) is 5.45. The van der Waals surface area contributed by atoms with Crippen molar-refractivity contribution in [1.29, 1.82) is 0 Å². The zero-order valence-corrected chi connectivity index (χ0v) is 11.2. The fourth-order valence-corrected chi connectivity index (χ4v) is 2.42. The third-order valence-electron chi connectivity index (χ3n) is 3.84. The van der Waals surface area contributed by atoms with Crippen molar-refractivity contribution >= 4 is 11.9 Å². The number of aliphatic carboxylic acids is 1. The Morgan fingerprint density at radius 2 is 2.00 bits per heavy atom. The van der Waals surface area contributed by atoms with Crippen molar-refractivity contribution in [2.24, 2.45) is 11.7 Å². The number of carbonyl (C=O) groups is 2. The predicted molar refractivity (Wildman–Crippen MR) is 69.0 cm³/mol. The van der Waals surface area contributed by atoms with Gasteiger partial charge in [0.25, 0.3) is 0 Å². The van der Waals surface area contributed by atoms with E-state index in [2.05, 4.69) is 12.2 Å². The summed E-state index contributed by atoms with van der Waals surface area (Å²) in [6.45, 7) is 4.05. The maximum Gasteiger partial charge on any atom is 0.329 e. The van der Waals surface area contributed by atoms with Crippen LogP contribution in [-0.2, 0) is 9.59 Å². The van der Waals surface area contributed by atoms with Crippen molar-refractivity contribution in [2.45, 2.75) is 64.0 Å².